The molecule has 17 heteroatoms. The molecular weight excluding hydrogens is 672 g/mol. The lowest BCUT2D eigenvalue weighted by molar-refractivity contribution is -0.384. The van der Waals surface area contributed by atoms with Crippen LogP contribution in [-0.4, -0.2) is 77.5 Å². The molecule has 1 heterocycles. The Morgan fingerprint density at radius 2 is 1.60 bits per heavy atom. The van der Waals surface area contributed by atoms with Crippen molar-refractivity contribution in [1.82, 2.24) is 20.3 Å². The first-order valence-electron chi connectivity index (χ1n) is 15.5. The number of ether oxygens (including phenoxy) is 1. The number of carboxylic acids is 1. The summed E-state index contributed by atoms with van der Waals surface area (Å²) in [6, 6.07) is 16.4. The van der Waals surface area contributed by atoms with E-state index >= 15 is 0 Å². The maximum absolute atomic E-state index is 13.2. The zero-order valence-electron chi connectivity index (χ0n) is 27.6. The Labute approximate surface area is 288 Å². The third-order valence-electron chi connectivity index (χ3n) is 7.48. The predicted molar refractivity (Wildman–Crippen MR) is 181 cm³/mol. The van der Waals surface area contributed by atoms with Crippen molar-refractivity contribution in [3.63, 3.8) is 0 Å². The van der Waals surface area contributed by atoms with Gasteiger partial charge >= 0.3 is 18.1 Å². The van der Waals surface area contributed by atoms with Gasteiger partial charge in [-0.05, 0) is 75.6 Å². The van der Waals surface area contributed by atoms with Crippen LogP contribution in [0.5, 0.6) is 0 Å². The van der Waals surface area contributed by atoms with E-state index in [9.17, 15) is 42.8 Å². The highest BCUT2D eigenvalue weighted by atomic mass is 32.2. The number of rotatable bonds is 12. The number of carboxylic acid groups (broad SMARTS) is 1. The molecule has 4 amide bonds. The molecule has 3 aromatic carbocycles. The highest BCUT2D eigenvalue weighted by molar-refractivity contribution is 7.89. The maximum atomic E-state index is 13.2. The Bertz CT molecular complexity index is 1810. The first kappa shape index (κ1) is 37.3. The second-order valence-corrected chi connectivity index (χ2v) is 14.2. The van der Waals surface area contributed by atoms with E-state index in [2.05, 4.69) is 16.0 Å². The topological polar surface area (TPSA) is 218 Å². The molecule has 1 saturated heterocycles. The zero-order chi connectivity index (χ0) is 36.6. The SMILES string of the molecule is CC(C)(C)OC(=O)N(c1ccccc1)c1ccc(CNC(=O)NCC(NC(=O)C2CCCN2S(=O)(=O)c2ccc([N+](=O)[O-])cc2)C(=O)O)cc1. The molecule has 1 aliphatic rings. The average molecular weight is 711 g/mol. The van der Waals surface area contributed by atoms with Gasteiger partial charge in [-0.2, -0.15) is 4.31 Å². The smallest absolute Gasteiger partial charge is 0.419 e. The number of hydrogen-bond donors (Lipinski definition) is 4. The van der Waals surface area contributed by atoms with Gasteiger partial charge < -0.3 is 25.8 Å². The molecular formula is C33H38N6O10S. The summed E-state index contributed by atoms with van der Waals surface area (Å²) in [5, 5.41) is 27.9. The number of nitrogens with zero attached hydrogens (tertiary/aromatic N) is 3. The number of aliphatic carboxylic acids is 1. The highest BCUT2D eigenvalue weighted by Crippen LogP contribution is 2.29. The van der Waals surface area contributed by atoms with Crippen molar-refractivity contribution in [1.29, 1.82) is 0 Å². The quantitative estimate of drug-likeness (QED) is 0.157. The molecule has 16 nitrogen and oxygen atoms in total. The molecule has 2 atom stereocenters. The van der Waals surface area contributed by atoms with Gasteiger partial charge in [0.25, 0.3) is 5.69 Å². The number of nitro benzene ring substituents is 1. The lowest BCUT2D eigenvalue weighted by atomic mass is 10.1. The summed E-state index contributed by atoms with van der Waals surface area (Å²) < 4.78 is 33.0. The number of para-hydroxylation sites is 1. The molecule has 50 heavy (non-hydrogen) atoms. The number of carbonyl (C=O) groups excluding carboxylic acids is 3. The van der Waals surface area contributed by atoms with Crippen molar-refractivity contribution in [3.05, 3.63) is 94.5 Å². The fourth-order valence-electron chi connectivity index (χ4n) is 5.08. The summed E-state index contributed by atoms with van der Waals surface area (Å²) in [5.41, 5.74) is 0.765. The monoisotopic (exact) mass is 710 g/mol. The Morgan fingerprint density at radius 3 is 2.18 bits per heavy atom. The number of carbonyl (C=O) groups is 4. The molecule has 3 aromatic rings. The zero-order valence-corrected chi connectivity index (χ0v) is 28.4. The fraction of sp³-hybridized carbons (Fsp3) is 0.333. The number of urea groups is 1. The van der Waals surface area contributed by atoms with Crippen LogP contribution in [-0.2, 0) is 30.9 Å². The van der Waals surface area contributed by atoms with E-state index in [0.29, 0.717) is 23.4 Å². The van der Waals surface area contributed by atoms with E-state index in [1.54, 1.807) is 69.3 Å². The van der Waals surface area contributed by atoms with Gasteiger partial charge in [-0.3, -0.25) is 14.9 Å². The van der Waals surface area contributed by atoms with Gasteiger partial charge in [-0.1, -0.05) is 30.3 Å². The van der Waals surface area contributed by atoms with Crippen LogP contribution in [0.4, 0.5) is 26.7 Å². The average Bonchev–Trinajstić information content (AvgIpc) is 3.57. The molecule has 0 aliphatic carbocycles. The number of benzene rings is 3. The molecule has 0 radical (unpaired) electrons. The van der Waals surface area contributed by atoms with Crippen molar-refractivity contribution in [3.8, 4) is 0 Å². The number of hydrogen-bond acceptors (Lipinski definition) is 9. The van der Waals surface area contributed by atoms with Crippen molar-refractivity contribution in [2.24, 2.45) is 0 Å². The fourth-order valence-corrected chi connectivity index (χ4v) is 6.74. The van der Waals surface area contributed by atoms with Crippen LogP contribution in [0, 0.1) is 10.1 Å². The summed E-state index contributed by atoms with van der Waals surface area (Å²) in [6.45, 7) is 4.83. The minimum Gasteiger partial charge on any atom is -0.480 e. The summed E-state index contributed by atoms with van der Waals surface area (Å²) in [7, 11) is -4.23. The van der Waals surface area contributed by atoms with Crippen molar-refractivity contribution >= 4 is 51.1 Å². The van der Waals surface area contributed by atoms with Gasteiger partial charge in [0.2, 0.25) is 15.9 Å². The largest absolute Gasteiger partial charge is 0.480 e. The van der Waals surface area contributed by atoms with E-state index in [0.717, 1.165) is 28.6 Å². The van der Waals surface area contributed by atoms with Crippen LogP contribution in [0.2, 0.25) is 0 Å². The number of non-ortho nitro benzene ring substituents is 1. The molecule has 1 fully saturated rings. The minimum atomic E-state index is -4.23. The van der Waals surface area contributed by atoms with Gasteiger partial charge in [0, 0.05) is 25.2 Å². The van der Waals surface area contributed by atoms with E-state index in [1.165, 1.54) is 4.90 Å². The molecule has 266 valence electrons. The van der Waals surface area contributed by atoms with Crippen LogP contribution in [0.1, 0.15) is 39.2 Å². The number of amides is 4. The van der Waals surface area contributed by atoms with Crippen molar-refractivity contribution in [2.45, 2.75) is 62.7 Å². The maximum Gasteiger partial charge on any atom is 0.419 e. The van der Waals surface area contributed by atoms with Crippen LogP contribution in [0.15, 0.2) is 83.8 Å². The first-order chi connectivity index (χ1) is 23.6. The highest BCUT2D eigenvalue weighted by Gasteiger charge is 2.40. The normalized spacial score (nSPS) is 15.4. The summed E-state index contributed by atoms with van der Waals surface area (Å²) in [4.78, 5) is 62.1. The Morgan fingerprint density at radius 1 is 0.980 bits per heavy atom. The molecule has 0 spiro atoms. The number of nitro groups is 1. The van der Waals surface area contributed by atoms with Crippen molar-refractivity contribution in [2.75, 3.05) is 18.0 Å². The van der Waals surface area contributed by atoms with E-state index in [4.69, 9.17) is 4.74 Å². The molecule has 4 N–H and O–H groups in total. The summed E-state index contributed by atoms with van der Waals surface area (Å²) >= 11 is 0. The third kappa shape index (κ3) is 9.54. The van der Waals surface area contributed by atoms with Crippen LogP contribution < -0.4 is 20.9 Å². The van der Waals surface area contributed by atoms with E-state index in [1.807, 2.05) is 6.07 Å². The number of anilines is 2. The van der Waals surface area contributed by atoms with E-state index in [-0.39, 0.29) is 30.1 Å². The van der Waals surface area contributed by atoms with Crippen LogP contribution in [0.25, 0.3) is 0 Å². The summed E-state index contributed by atoms with van der Waals surface area (Å²) in [6.07, 6.45) is -0.117. The lowest BCUT2D eigenvalue weighted by Crippen LogP contribution is -2.54. The molecule has 0 saturated carbocycles. The predicted octanol–water partition coefficient (Wildman–Crippen LogP) is 3.89. The van der Waals surface area contributed by atoms with Gasteiger partial charge in [0.1, 0.15) is 17.7 Å². The Balaban J connectivity index is 1.33. The van der Waals surface area contributed by atoms with Crippen molar-refractivity contribution < 1.29 is 42.4 Å². The van der Waals surface area contributed by atoms with E-state index < -0.39 is 63.2 Å². The van der Waals surface area contributed by atoms with Crippen LogP contribution >= 0.6 is 0 Å². The molecule has 2 unspecified atom stereocenters. The number of nitrogens with one attached hydrogen (secondary N) is 3. The standard InChI is InChI=1S/C33H38N6O10S/c1-33(2,3)49-32(44)38(23-8-5-4-6-9-23)24-13-11-22(12-14-24)20-34-31(43)35-21-27(30(41)42)36-29(40)28-10-7-19-37(28)50(47,48)26-17-15-25(16-18-26)39(45)46/h4-6,8-9,11-18,27-28H,7,10,19-21H2,1-3H3,(H,36,40)(H,41,42)(H2,34,35,43). The second-order valence-electron chi connectivity index (χ2n) is 12.3. The first-order valence-corrected chi connectivity index (χ1v) is 17.0. The lowest BCUT2D eigenvalue weighted by Gasteiger charge is -2.27. The summed E-state index contributed by atoms with van der Waals surface area (Å²) in [5.74, 6) is -2.32. The minimum absolute atomic E-state index is 0.0118. The molecule has 4 rings (SSSR count). The molecule has 0 bridgehead atoms. The van der Waals surface area contributed by atoms with Crippen LogP contribution in [0.3, 0.4) is 0 Å². The van der Waals surface area contributed by atoms with Gasteiger partial charge in [0.05, 0.1) is 27.7 Å². The second kappa shape index (κ2) is 15.8. The van der Waals surface area contributed by atoms with Gasteiger partial charge in [-0.15, -0.1) is 0 Å². The third-order valence-corrected chi connectivity index (χ3v) is 9.40. The van der Waals surface area contributed by atoms with Gasteiger partial charge in [-0.25, -0.2) is 27.7 Å². The Hall–Kier alpha value is -5.55. The number of sulfonamides is 1. The Kier molecular flexibility index (Phi) is 11.8. The molecule has 1 aliphatic heterocycles. The molecule has 0 aromatic heterocycles. The van der Waals surface area contributed by atoms with Gasteiger partial charge in [0.15, 0.2) is 0 Å².